The number of nitrogens with one attached hydrogen (secondary N) is 2. The molecule has 3 N–H and O–H groups in total. The molecule has 0 atom stereocenters. The van der Waals surface area contributed by atoms with Crippen molar-refractivity contribution in [2.24, 2.45) is 10.8 Å². The number of hydrogen-bond acceptors (Lipinski definition) is 5. The Balaban J connectivity index is 1.49. The fourth-order valence-electron chi connectivity index (χ4n) is 5.04. The quantitative estimate of drug-likeness (QED) is 0.402. The summed E-state index contributed by atoms with van der Waals surface area (Å²) in [6.45, 7) is 4.41. The highest BCUT2D eigenvalue weighted by Crippen LogP contribution is 2.40. The highest BCUT2D eigenvalue weighted by Gasteiger charge is 2.38. The zero-order chi connectivity index (χ0) is 27.5. The highest BCUT2D eigenvalue weighted by atomic mass is 19.1. The SMILES string of the molecule is COc1cc(F)c(OC2CCC(C)(C(=O)O)CC2)cc1C(=O)Nc1ccccc1C(=O)NCC1(C)CCC1. The van der Waals surface area contributed by atoms with Crippen molar-refractivity contribution in [1.82, 2.24) is 5.32 Å². The summed E-state index contributed by atoms with van der Waals surface area (Å²) >= 11 is 0. The Hall–Kier alpha value is -3.62. The average molecular weight is 527 g/mol. The van der Waals surface area contributed by atoms with E-state index >= 15 is 0 Å². The lowest BCUT2D eigenvalue weighted by Crippen LogP contribution is -2.40. The number of hydrogen-bond donors (Lipinski definition) is 3. The van der Waals surface area contributed by atoms with Crippen molar-refractivity contribution in [3.63, 3.8) is 0 Å². The van der Waals surface area contributed by atoms with Crippen LogP contribution in [0.5, 0.6) is 11.5 Å². The summed E-state index contributed by atoms with van der Waals surface area (Å²) in [5.41, 5.74) is -0.0188. The van der Waals surface area contributed by atoms with Crippen molar-refractivity contribution in [3.05, 3.63) is 53.3 Å². The van der Waals surface area contributed by atoms with Crippen molar-refractivity contribution < 1.29 is 33.4 Å². The van der Waals surface area contributed by atoms with Gasteiger partial charge in [-0.1, -0.05) is 25.5 Å². The first-order valence-corrected chi connectivity index (χ1v) is 13.0. The third-order valence-electron chi connectivity index (χ3n) is 8.00. The van der Waals surface area contributed by atoms with Crippen molar-refractivity contribution in [3.8, 4) is 11.5 Å². The molecule has 2 saturated carbocycles. The van der Waals surface area contributed by atoms with Crippen LogP contribution in [0.2, 0.25) is 0 Å². The molecule has 0 aromatic heterocycles. The predicted molar refractivity (Wildman–Crippen MR) is 140 cm³/mol. The van der Waals surface area contributed by atoms with Crippen LogP contribution in [0.15, 0.2) is 36.4 Å². The summed E-state index contributed by atoms with van der Waals surface area (Å²) in [7, 11) is 1.34. The summed E-state index contributed by atoms with van der Waals surface area (Å²) < 4.78 is 26.0. The van der Waals surface area contributed by atoms with Crippen LogP contribution < -0.4 is 20.1 Å². The molecule has 38 heavy (non-hydrogen) atoms. The van der Waals surface area contributed by atoms with Crippen LogP contribution in [0.3, 0.4) is 0 Å². The van der Waals surface area contributed by atoms with E-state index in [4.69, 9.17) is 9.47 Å². The van der Waals surface area contributed by atoms with Gasteiger partial charge in [0.2, 0.25) is 0 Å². The molecule has 2 aromatic carbocycles. The lowest BCUT2D eigenvalue weighted by molar-refractivity contribution is -0.150. The van der Waals surface area contributed by atoms with Crippen molar-refractivity contribution in [2.75, 3.05) is 19.0 Å². The van der Waals surface area contributed by atoms with E-state index in [9.17, 15) is 23.9 Å². The molecule has 2 aromatic rings. The molecule has 0 bridgehead atoms. The van der Waals surface area contributed by atoms with Crippen molar-refractivity contribution in [1.29, 1.82) is 0 Å². The van der Waals surface area contributed by atoms with Gasteiger partial charge in [0.05, 0.1) is 35.4 Å². The van der Waals surface area contributed by atoms with Crippen LogP contribution in [-0.4, -0.2) is 42.6 Å². The largest absolute Gasteiger partial charge is 0.496 e. The molecule has 4 rings (SSSR count). The molecule has 0 aliphatic heterocycles. The first kappa shape index (κ1) is 27.4. The van der Waals surface area contributed by atoms with E-state index in [1.165, 1.54) is 13.2 Å². The second-order valence-corrected chi connectivity index (χ2v) is 11.0. The summed E-state index contributed by atoms with van der Waals surface area (Å²) in [5.74, 6) is -2.49. The van der Waals surface area contributed by atoms with Gasteiger partial charge in [0.15, 0.2) is 11.6 Å². The third kappa shape index (κ3) is 5.92. The molecule has 0 saturated heterocycles. The number of methoxy groups -OCH3 is 1. The minimum atomic E-state index is -0.850. The normalized spacial score (nSPS) is 22.1. The lowest BCUT2D eigenvalue weighted by Gasteiger charge is -2.38. The number of rotatable bonds is 9. The second kappa shape index (κ2) is 11.0. The molecule has 2 fully saturated rings. The topological polar surface area (TPSA) is 114 Å². The molecule has 2 amide bonds. The van der Waals surface area contributed by atoms with Gasteiger partial charge in [-0.25, -0.2) is 4.39 Å². The Labute approximate surface area is 221 Å². The first-order valence-electron chi connectivity index (χ1n) is 13.0. The number of anilines is 1. The highest BCUT2D eigenvalue weighted by molar-refractivity contribution is 6.10. The van der Waals surface area contributed by atoms with Crippen LogP contribution in [0.25, 0.3) is 0 Å². The Morgan fingerprint density at radius 1 is 1.00 bits per heavy atom. The van der Waals surface area contributed by atoms with Crippen molar-refractivity contribution >= 4 is 23.5 Å². The zero-order valence-corrected chi connectivity index (χ0v) is 22.1. The zero-order valence-electron chi connectivity index (χ0n) is 22.1. The van der Waals surface area contributed by atoms with Gasteiger partial charge in [-0.05, 0) is 69.1 Å². The molecular weight excluding hydrogens is 491 g/mol. The maximum atomic E-state index is 14.8. The molecule has 0 heterocycles. The van der Waals surface area contributed by atoms with E-state index in [1.807, 2.05) is 0 Å². The Morgan fingerprint density at radius 2 is 1.68 bits per heavy atom. The molecule has 0 spiro atoms. The van der Waals surface area contributed by atoms with Gasteiger partial charge >= 0.3 is 5.97 Å². The van der Waals surface area contributed by atoms with Gasteiger partial charge in [0.1, 0.15) is 5.75 Å². The molecule has 9 heteroatoms. The summed E-state index contributed by atoms with van der Waals surface area (Å²) in [6.07, 6.45) is 4.66. The molecular formula is C29H35FN2O6. The van der Waals surface area contributed by atoms with Gasteiger partial charge in [0.25, 0.3) is 11.8 Å². The number of amides is 2. The molecule has 0 unspecified atom stereocenters. The summed E-state index contributed by atoms with van der Waals surface area (Å²) in [4.78, 5) is 37.7. The van der Waals surface area contributed by atoms with E-state index in [2.05, 4.69) is 17.6 Å². The Morgan fingerprint density at radius 3 is 2.29 bits per heavy atom. The van der Waals surface area contributed by atoms with E-state index in [0.29, 0.717) is 43.5 Å². The maximum absolute atomic E-state index is 14.8. The number of aliphatic carboxylic acids is 1. The van der Waals surface area contributed by atoms with Crippen LogP contribution in [-0.2, 0) is 4.79 Å². The fourth-order valence-corrected chi connectivity index (χ4v) is 5.04. The molecule has 8 nitrogen and oxygen atoms in total. The van der Waals surface area contributed by atoms with E-state index in [1.54, 1.807) is 31.2 Å². The number of halogens is 1. The van der Waals surface area contributed by atoms with Gasteiger partial charge < -0.3 is 25.2 Å². The molecule has 2 aliphatic carbocycles. The number of para-hydroxylation sites is 1. The number of benzene rings is 2. The molecule has 204 valence electrons. The summed E-state index contributed by atoms with van der Waals surface area (Å²) in [6, 6.07) is 9.08. The number of carboxylic acids is 1. The molecule has 2 aliphatic rings. The fraction of sp³-hybridized carbons (Fsp3) is 0.483. The average Bonchev–Trinajstić information content (AvgIpc) is 2.88. The minimum absolute atomic E-state index is 0.0225. The Bertz CT molecular complexity index is 1220. The maximum Gasteiger partial charge on any atom is 0.309 e. The number of ether oxygens (including phenoxy) is 2. The van der Waals surface area contributed by atoms with Crippen LogP contribution in [0.1, 0.15) is 79.5 Å². The lowest BCUT2D eigenvalue weighted by atomic mass is 9.70. The number of carbonyl (C=O) groups is 3. The van der Waals surface area contributed by atoms with Crippen LogP contribution in [0, 0.1) is 16.6 Å². The van der Waals surface area contributed by atoms with E-state index in [-0.39, 0.29) is 34.5 Å². The van der Waals surface area contributed by atoms with Crippen LogP contribution >= 0.6 is 0 Å². The molecule has 0 radical (unpaired) electrons. The summed E-state index contributed by atoms with van der Waals surface area (Å²) in [5, 5.41) is 15.2. The minimum Gasteiger partial charge on any atom is -0.496 e. The monoisotopic (exact) mass is 526 g/mol. The second-order valence-electron chi connectivity index (χ2n) is 11.0. The van der Waals surface area contributed by atoms with E-state index in [0.717, 1.165) is 25.3 Å². The van der Waals surface area contributed by atoms with E-state index < -0.39 is 23.1 Å². The standard InChI is InChI=1S/C29H35FN2O6/c1-28(11-6-12-28)17-31-25(33)19-7-4-5-8-22(19)32-26(34)20-15-24(21(30)16-23(20)37-3)38-18-9-13-29(2,14-10-18)27(35)36/h4-5,7-8,15-16,18H,6,9-14,17H2,1-3H3,(H,31,33)(H,32,34)(H,35,36). The predicted octanol–water partition coefficient (Wildman–Crippen LogP) is 5.42. The van der Waals surface area contributed by atoms with Gasteiger partial charge in [-0.15, -0.1) is 0 Å². The number of carbonyl (C=O) groups excluding carboxylic acids is 2. The van der Waals surface area contributed by atoms with Gasteiger partial charge in [0, 0.05) is 12.6 Å². The van der Waals surface area contributed by atoms with Gasteiger partial charge in [-0.3, -0.25) is 14.4 Å². The number of carboxylic acid groups (broad SMARTS) is 1. The smallest absolute Gasteiger partial charge is 0.309 e. The van der Waals surface area contributed by atoms with Gasteiger partial charge in [-0.2, -0.15) is 0 Å². The van der Waals surface area contributed by atoms with Crippen molar-refractivity contribution in [2.45, 2.75) is 64.9 Å². The first-order chi connectivity index (χ1) is 18.0. The third-order valence-corrected chi connectivity index (χ3v) is 8.00. The Kier molecular flexibility index (Phi) is 7.94. The van der Waals surface area contributed by atoms with Crippen LogP contribution in [0.4, 0.5) is 10.1 Å².